The van der Waals surface area contributed by atoms with Gasteiger partial charge in [0.1, 0.15) is 0 Å². The lowest BCUT2D eigenvalue weighted by Gasteiger charge is -2.22. The van der Waals surface area contributed by atoms with Gasteiger partial charge in [-0.1, -0.05) is 0 Å². The highest BCUT2D eigenvalue weighted by Gasteiger charge is 2.31. The van der Waals surface area contributed by atoms with Gasteiger partial charge in [-0.05, 0) is 20.3 Å². The summed E-state index contributed by atoms with van der Waals surface area (Å²) < 4.78 is 5.29. The summed E-state index contributed by atoms with van der Waals surface area (Å²) in [6.07, 6.45) is 1.50. The number of ether oxygens (including phenoxy) is 1. The number of aliphatic hydroxyl groups excluding tert-OH is 1. The van der Waals surface area contributed by atoms with Gasteiger partial charge in [-0.2, -0.15) is 0 Å². The smallest absolute Gasteiger partial charge is 0.221 e. The fourth-order valence-electron chi connectivity index (χ4n) is 2.21. The molecule has 2 atom stereocenters. The van der Waals surface area contributed by atoms with E-state index in [9.17, 15) is 9.90 Å². The zero-order valence-corrected chi connectivity index (χ0v) is 11.0. The lowest BCUT2D eigenvalue weighted by molar-refractivity contribution is -0.122. The van der Waals surface area contributed by atoms with Gasteiger partial charge in [0.25, 0.3) is 0 Å². The molecule has 0 bridgehead atoms. The number of amides is 1. The van der Waals surface area contributed by atoms with Gasteiger partial charge in [0, 0.05) is 38.7 Å². The highest BCUT2D eigenvalue weighted by Crippen LogP contribution is 2.19. The normalized spacial score (nSPS) is 25.5. The van der Waals surface area contributed by atoms with E-state index < -0.39 is 0 Å². The van der Waals surface area contributed by atoms with Crippen LogP contribution in [0.4, 0.5) is 0 Å². The Morgan fingerprint density at radius 1 is 1.59 bits per heavy atom. The third-order valence-electron chi connectivity index (χ3n) is 3.11. The number of nitrogens with one attached hydrogen (secondary N) is 1. The Morgan fingerprint density at radius 3 is 2.82 bits per heavy atom. The van der Waals surface area contributed by atoms with Crippen LogP contribution in [0.15, 0.2) is 0 Å². The molecule has 0 saturated carbocycles. The topological polar surface area (TPSA) is 61.8 Å². The maximum atomic E-state index is 11.5. The van der Waals surface area contributed by atoms with E-state index in [1.807, 2.05) is 13.8 Å². The van der Waals surface area contributed by atoms with Crippen LogP contribution >= 0.6 is 0 Å². The van der Waals surface area contributed by atoms with Crippen LogP contribution in [-0.4, -0.2) is 60.9 Å². The van der Waals surface area contributed by atoms with Crippen LogP contribution in [0.2, 0.25) is 0 Å². The molecule has 1 heterocycles. The van der Waals surface area contributed by atoms with E-state index >= 15 is 0 Å². The Balaban J connectivity index is 2.32. The van der Waals surface area contributed by atoms with Crippen molar-refractivity contribution >= 4 is 5.91 Å². The van der Waals surface area contributed by atoms with Crippen LogP contribution in [0.1, 0.15) is 26.7 Å². The van der Waals surface area contributed by atoms with Crippen molar-refractivity contribution in [2.45, 2.75) is 44.9 Å². The van der Waals surface area contributed by atoms with E-state index in [1.54, 1.807) is 7.11 Å². The Kier molecular flexibility index (Phi) is 5.88. The van der Waals surface area contributed by atoms with E-state index in [1.165, 1.54) is 0 Å². The van der Waals surface area contributed by atoms with Gasteiger partial charge in [0.05, 0.1) is 12.7 Å². The number of hydrogen-bond donors (Lipinski definition) is 2. The summed E-state index contributed by atoms with van der Waals surface area (Å²) in [5, 5.41) is 12.1. The molecular formula is C12H24N2O3. The molecule has 1 aliphatic rings. The fourth-order valence-corrected chi connectivity index (χ4v) is 2.21. The lowest BCUT2D eigenvalue weighted by atomic mass is 10.2. The second kappa shape index (κ2) is 6.93. The number of nitrogens with zero attached hydrogens (tertiary/aromatic N) is 1. The predicted molar refractivity (Wildman–Crippen MR) is 65.8 cm³/mol. The van der Waals surface area contributed by atoms with Gasteiger partial charge < -0.3 is 15.2 Å². The molecule has 100 valence electrons. The summed E-state index contributed by atoms with van der Waals surface area (Å²) in [6.45, 7) is 5.52. The molecule has 1 rings (SSSR count). The van der Waals surface area contributed by atoms with E-state index in [4.69, 9.17) is 4.74 Å². The van der Waals surface area contributed by atoms with Gasteiger partial charge in [0.15, 0.2) is 0 Å². The second-order valence-corrected chi connectivity index (χ2v) is 4.90. The quantitative estimate of drug-likeness (QED) is 0.689. The molecule has 5 heteroatoms. The molecule has 0 aliphatic carbocycles. The molecule has 0 aromatic rings. The first kappa shape index (κ1) is 14.4. The van der Waals surface area contributed by atoms with Crippen molar-refractivity contribution in [2.75, 3.05) is 26.8 Å². The van der Waals surface area contributed by atoms with E-state index in [0.717, 1.165) is 13.0 Å². The molecule has 0 unspecified atom stereocenters. The van der Waals surface area contributed by atoms with Crippen LogP contribution in [-0.2, 0) is 9.53 Å². The fraction of sp³-hybridized carbons (Fsp3) is 0.917. The van der Waals surface area contributed by atoms with Crippen molar-refractivity contribution in [1.29, 1.82) is 0 Å². The summed E-state index contributed by atoms with van der Waals surface area (Å²) in [7, 11) is 1.69. The van der Waals surface area contributed by atoms with Crippen molar-refractivity contribution in [3.8, 4) is 0 Å². The van der Waals surface area contributed by atoms with Crippen molar-refractivity contribution in [2.24, 2.45) is 0 Å². The lowest BCUT2D eigenvalue weighted by Crippen LogP contribution is -2.37. The average molecular weight is 244 g/mol. The number of methoxy groups -OCH3 is 1. The second-order valence-electron chi connectivity index (χ2n) is 4.90. The molecule has 0 spiro atoms. The summed E-state index contributed by atoms with van der Waals surface area (Å²) in [5.74, 6) is 0.0672. The molecule has 0 aromatic heterocycles. The molecule has 1 saturated heterocycles. The number of rotatable bonds is 6. The summed E-state index contributed by atoms with van der Waals surface area (Å²) in [6, 6.07) is 0.313. The van der Waals surface area contributed by atoms with Crippen molar-refractivity contribution in [3.63, 3.8) is 0 Å². The SMILES string of the molecule is CO[C@@H]1C[C@@H](CO)N(CCC(=O)NC(C)C)C1. The van der Waals surface area contributed by atoms with Crippen molar-refractivity contribution < 1.29 is 14.6 Å². The van der Waals surface area contributed by atoms with E-state index in [0.29, 0.717) is 13.0 Å². The van der Waals surface area contributed by atoms with E-state index in [-0.39, 0.29) is 30.7 Å². The Labute approximate surface area is 103 Å². The zero-order chi connectivity index (χ0) is 12.8. The molecule has 1 fully saturated rings. The van der Waals surface area contributed by atoms with Crippen molar-refractivity contribution in [1.82, 2.24) is 10.2 Å². The summed E-state index contributed by atoms with van der Waals surface area (Å²) >= 11 is 0. The third-order valence-corrected chi connectivity index (χ3v) is 3.11. The van der Waals surface area contributed by atoms with Gasteiger partial charge in [-0.3, -0.25) is 9.69 Å². The number of aliphatic hydroxyl groups is 1. The number of hydrogen-bond acceptors (Lipinski definition) is 4. The van der Waals surface area contributed by atoms with Gasteiger partial charge in [-0.25, -0.2) is 0 Å². The van der Waals surface area contributed by atoms with Crippen LogP contribution < -0.4 is 5.32 Å². The average Bonchev–Trinajstić information content (AvgIpc) is 2.67. The predicted octanol–water partition coefficient (Wildman–Crippen LogP) is -0.0173. The first-order valence-corrected chi connectivity index (χ1v) is 6.23. The Morgan fingerprint density at radius 2 is 2.29 bits per heavy atom. The maximum Gasteiger partial charge on any atom is 0.221 e. The van der Waals surface area contributed by atoms with Crippen molar-refractivity contribution in [3.05, 3.63) is 0 Å². The third kappa shape index (κ3) is 4.61. The highest BCUT2D eigenvalue weighted by atomic mass is 16.5. The molecule has 5 nitrogen and oxygen atoms in total. The van der Waals surface area contributed by atoms with Crippen LogP contribution in [0.3, 0.4) is 0 Å². The molecule has 1 amide bonds. The maximum absolute atomic E-state index is 11.5. The Hall–Kier alpha value is -0.650. The molecule has 0 aromatic carbocycles. The molecule has 1 aliphatic heterocycles. The van der Waals surface area contributed by atoms with Gasteiger partial charge in [-0.15, -0.1) is 0 Å². The Bertz CT molecular complexity index is 246. The monoisotopic (exact) mass is 244 g/mol. The first-order valence-electron chi connectivity index (χ1n) is 6.23. The summed E-state index contributed by atoms with van der Waals surface area (Å²) in [4.78, 5) is 13.7. The van der Waals surface area contributed by atoms with Gasteiger partial charge in [0.2, 0.25) is 5.91 Å². The molecular weight excluding hydrogens is 220 g/mol. The molecule has 2 N–H and O–H groups in total. The number of carbonyl (C=O) groups is 1. The van der Waals surface area contributed by atoms with E-state index in [2.05, 4.69) is 10.2 Å². The minimum absolute atomic E-state index is 0.0672. The van der Waals surface area contributed by atoms with Crippen LogP contribution in [0.5, 0.6) is 0 Å². The number of carbonyl (C=O) groups excluding carboxylic acids is 1. The minimum Gasteiger partial charge on any atom is -0.395 e. The highest BCUT2D eigenvalue weighted by molar-refractivity contribution is 5.76. The minimum atomic E-state index is 0.0672. The zero-order valence-electron chi connectivity index (χ0n) is 11.0. The molecule has 17 heavy (non-hydrogen) atoms. The van der Waals surface area contributed by atoms with Gasteiger partial charge >= 0.3 is 0 Å². The number of likely N-dealkylation sites (tertiary alicyclic amines) is 1. The first-order chi connectivity index (χ1) is 8.06. The summed E-state index contributed by atoms with van der Waals surface area (Å²) in [5.41, 5.74) is 0. The van der Waals surface area contributed by atoms with Crippen LogP contribution in [0, 0.1) is 0 Å². The standard InChI is InChI=1S/C12H24N2O3/c1-9(2)13-12(16)4-5-14-7-11(17-3)6-10(14)8-15/h9-11,15H,4-8H2,1-3H3,(H,13,16)/t10-,11+/m0/s1. The largest absolute Gasteiger partial charge is 0.395 e. The van der Waals surface area contributed by atoms with Crippen LogP contribution in [0.25, 0.3) is 0 Å². The molecule has 0 radical (unpaired) electrons.